The molecule has 0 amide bonds. The van der Waals surface area contributed by atoms with Crippen molar-refractivity contribution < 1.29 is 9.44 Å². The lowest BCUT2D eigenvalue weighted by atomic mass is 10.3. The summed E-state index contributed by atoms with van der Waals surface area (Å²) in [7, 11) is -1.15. The summed E-state index contributed by atoms with van der Waals surface area (Å²) in [5, 5.41) is 19.5. The molecule has 0 fully saturated rings. The molecule has 0 aromatic heterocycles. The van der Waals surface area contributed by atoms with E-state index in [0.717, 1.165) is 0 Å². The zero-order chi connectivity index (χ0) is 9.14. The molecule has 0 heterocycles. The van der Waals surface area contributed by atoms with E-state index in [-0.39, 0.29) is 5.69 Å². The first-order valence-electron chi connectivity index (χ1n) is 3.26. The van der Waals surface area contributed by atoms with Crippen LogP contribution >= 0.6 is 0 Å². The number of hydrogen-bond acceptors (Lipinski definition) is 3. The fourth-order valence-corrected chi connectivity index (χ4v) is 1.37. The number of hydrogen-bond donors (Lipinski definition) is 1. The third kappa shape index (κ3) is 2.12. The Morgan fingerprint density at radius 3 is 2.58 bits per heavy atom. The lowest BCUT2D eigenvalue weighted by molar-refractivity contribution is -0.715. The summed E-state index contributed by atoms with van der Waals surface area (Å²) < 4.78 is 10.9. The fraction of sp³-hybridized carbons (Fsp3) is 0.143. The molecule has 0 radical (unpaired) electrons. The standard InChI is InChI=1S/C7H8NO3S/c1-12(11)7-4-2-3-6(5-7)8(9)10/h2-5,8H,1H3/q-1. The first-order chi connectivity index (χ1) is 5.61. The van der Waals surface area contributed by atoms with Crippen LogP contribution in [-0.2, 0) is 10.8 Å². The van der Waals surface area contributed by atoms with Gasteiger partial charge in [0.05, 0.1) is 0 Å². The van der Waals surface area contributed by atoms with E-state index < -0.39 is 16.0 Å². The topological polar surface area (TPSA) is 67.6 Å². The summed E-state index contributed by atoms with van der Waals surface area (Å²) in [4.78, 5) is 0.497. The lowest BCUT2D eigenvalue weighted by Gasteiger charge is -2.24. The van der Waals surface area contributed by atoms with Gasteiger partial charge in [0.1, 0.15) is 5.69 Å². The third-order valence-electron chi connectivity index (χ3n) is 1.40. The van der Waals surface area contributed by atoms with E-state index >= 15 is 0 Å². The summed E-state index contributed by atoms with van der Waals surface area (Å²) >= 11 is 0. The summed E-state index contributed by atoms with van der Waals surface area (Å²) in [5.74, 6) is 0. The second-order valence-electron chi connectivity index (χ2n) is 2.27. The molecule has 1 N–H and O–H groups in total. The van der Waals surface area contributed by atoms with Gasteiger partial charge in [0.25, 0.3) is 0 Å². The van der Waals surface area contributed by atoms with Gasteiger partial charge in [0, 0.05) is 28.0 Å². The van der Waals surface area contributed by atoms with Gasteiger partial charge in [-0.3, -0.25) is 4.21 Å². The van der Waals surface area contributed by atoms with Crippen LogP contribution in [0, 0.1) is 10.4 Å². The van der Waals surface area contributed by atoms with Gasteiger partial charge in [-0.05, 0) is 12.1 Å². The Balaban J connectivity index is 3.04. The average Bonchev–Trinajstić information content (AvgIpc) is 2.04. The van der Waals surface area contributed by atoms with E-state index in [9.17, 15) is 14.6 Å². The van der Waals surface area contributed by atoms with Crippen LogP contribution in [-0.4, -0.2) is 10.5 Å². The van der Waals surface area contributed by atoms with E-state index in [1.54, 1.807) is 12.1 Å². The maximum absolute atomic E-state index is 10.9. The molecule has 0 saturated carbocycles. The highest BCUT2D eigenvalue weighted by molar-refractivity contribution is 7.84. The maximum atomic E-state index is 10.9. The molecule has 4 nitrogen and oxygen atoms in total. The van der Waals surface area contributed by atoms with Crippen molar-refractivity contribution in [2.24, 2.45) is 0 Å². The minimum absolute atomic E-state index is 0.0581. The summed E-state index contributed by atoms with van der Waals surface area (Å²) in [5.41, 5.74) is 0.0581. The first-order valence-corrected chi connectivity index (χ1v) is 4.82. The van der Waals surface area contributed by atoms with Gasteiger partial charge in [-0.1, -0.05) is 6.07 Å². The number of nitrogens with one attached hydrogen (secondary N) is 1. The highest BCUT2D eigenvalue weighted by Gasteiger charge is 1.99. The molecule has 1 unspecified atom stereocenters. The molecule has 66 valence electrons. The summed E-state index contributed by atoms with van der Waals surface area (Å²) in [6.45, 7) is 0. The Hall–Kier alpha value is -0.750. The quantitative estimate of drug-likeness (QED) is 0.658. The molecule has 1 aromatic rings. The third-order valence-corrected chi connectivity index (χ3v) is 2.32. The van der Waals surface area contributed by atoms with Crippen LogP contribution in [0.5, 0.6) is 0 Å². The smallest absolute Gasteiger partial charge is 0.132 e. The molecule has 1 atom stereocenters. The van der Waals surface area contributed by atoms with Gasteiger partial charge in [-0.15, -0.1) is 0 Å². The Morgan fingerprint density at radius 2 is 2.08 bits per heavy atom. The van der Waals surface area contributed by atoms with E-state index in [1.165, 1.54) is 18.4 Å². The normalized spacial score (nSPS) is 13.3. The highest BCUT2D eigenvalue weighted by atomic mass is 32.2. The average molecular weight is 186 g/mol. The van der Waals surface area contributed by atoms with E-state index in [0.29, 0.717) is 4.90 Å². The minimum atomic E-state index is -1.25. The molecule has 0 aliphatic carbocycles. The summed E-state index contributed by atoms with van der Waals surface area (Å²) in [6, 6.07) is 5.92. The zero-order valence-corrected chi connectivity index (χ0v) is 7.26. The van der Waals surface area contributed by atoms with Gasteiger partial charge < -0.3 is 15.6 Å². The molecule has 0 spiro atoms. The van der Waals surface area contributed by atoms with Crippen LogP contribution in [0.15, 0.2) is 29.2 Å². The Bertz CT molecular complexity index is 300. The Kier molecular flexibility index (Phi) is 2.93. The monoisotopic (exact) mass is 186 g/mol. The summed E-state index contributed by atoms with van der Waals surface area (Å²) in [6.07, 6.45) is 1.49. The van der Waals surface area contributed by atoms with Crippen LogP contribution in [0.1, 0.15) is 0 Å². The van der Waals surface area contributed by atoms with Gasteiger partial charge in [0.2, 0.25) is 0 Å². The van der Waals surface area contributed by atoms with Crippen molar-refractivity contribution in [1.29, 1.82) is 0 Å². The van der Waals surface area contributed by atoms with Crippen molar-refractivity contribution in [2.45, 2.75) is 4.90 Å². The van der Waals surface area contributed by atoms with E-state index in [2.05, 4.69) is 0 Å². The van der Waals surface area contributed by atoms with Gasteiger partial charge in [-0.2, -0.15) is 0 Å². The molecule has 1 aromatic carbocycles. The van der Waals surface area contributed by atoms with E-state index in [4.69, 9.17) is 0 Å². The van der Waals surface area contributed by atoms with Crippen molar-refractivity contribution in [3.05, 3.63) is 34.7 Å². The van der Waals surface area contributed by atoms with Crippen molar-refractivity contribution in [2.75, 3.05) is 6.26 Å². The van der Waals surface area contributed by atoms with Crippen LogP contribution in [0.2, 0.25) is 0 Å². The SMILES string of the molecule is CS(=O)c1cccc([NH+]([O-])[O-])c1. The Labute approximate surface area is 72.4 Å². The van der Waals surface area contributed by atoms with Gasteiger partial charge in [-0.25, -0.2) is 0 Å². The molecule has 0 bridgehead atoms. The van der Waals surface area contributed by atoms with Gasteiger partial charge in [0.15, 0.2) is 0 Å². The van der Waals surface area contributed by atoms with Crippen molar-refractivity contribution in [3.63, 3.8) is 0 Å². The maximum Gasteiger partial charge on any atom is 0.132 e. The molecule has 0 aliphatic heterocycles. The molecule has 0 saturated heterocycles. The minimum Gasteiger partial charge on any atom is -0.628 e. The molecule has 5 heteroatoms. The van der Waals surface area contributed by atoms with Gasteiger partial charge >= 0.3 is 0 Å². The van der Waals surface area contributed by atoms with Crippen molar-refractivity contribution >= 4 is 16.5 Å². The molecule has 1 rings (SSSR count). The van der Waals surface area contributed by atoms with Crippen LogP contribution in [0.4, 0.5) is 5.69 Å². The van der Waals surface area contributed by atoms with Crippen molar-refractivity contribution in [1.82, 2.24) is 0 Å². The predicted molar refractivity (Wildman–Crippen MR) is 46.1 cm³/mol. The molecular formula is C7H8NO3S-. The first kappa shape index (κ1) is 9.34. The fourth-order valence-electron chi connectivity index (χ4n) is 0.802. The zero-order valence-electron chi connectivity index (χ0n) is 6.44. The molecule has 0 aliphatic rings. The number of quaternary nitrogens is 1. The second-order valence-corrected chi connectivity index (χ2v) is 3.65. The molecule has 12 heavy (non-hydrogen) atoms. The second kappa shape index (κ2) is 3.77. The Morgan fingerprint density at radius 1 is 1.42 bits per heavy atom. The largest absolute Gasteiger partial charge is 0.628 e. The van der Waals surface area contributed by atoms with Crippen LogP contribution < -0.4 is 5.23 Å². The highest BCUT2D eigenvalue weighted by Crippen LogP contribution is 2.08. The van der Waals surface area contributed by atoms with Crippen LogP contribution in [0.3, 0.4) is 0 Å². The van der Waals surface area contributed by atoms with Crippen molar-refractivity contribution in [3.8, 4) is 0 Å². The number of rotatable bonds is 2. The van der Waals surface area contributed by atoms with E-state index in [1.807, 2.05) is 0 Å². The van der Waals surface area contributed by atoms with Crippen LogP contribution in [0.25, 0.3) is 0 Å². The number of benzene rings is 1. The predicted octanol–water partition coefficient (Wildman–Crippen LogP) is -0.0640. The lowest BCUT2D eigenvalue weighted by Crippen LogP contribution is -2.96. The molecular weight excluding hydrogens is 178 g/mol.